The zero-order valence-electron chi connectivity index (χ0n) is 11.5. The van der Waals surface area contributed by atoms with E-state index in [-0.39, 0.29) is 11.9 Å². The van der Waals surface area contributed by atoms with Crippen molar-refractivity contribution in [2.24, 2.45) is 0 Å². The van der Waals surface area contributed by atoms with Gasteiger partial charge >= 0.3 is 0 Å². The molecular weight excluding hydrogens is 288 g/mol. The Morgan fingerprint density at radius 1 is 1.24 bits per heavy atom. The van der Waals surface area contributed by atoms with Crippen molar-refractivity contribution in [3.63, 3.8) is 0 Å². The van der Waals surface area contributed by atoms with Crippen LogP contribution in [0.2, 0.25) is 5.02 Å². The molecule has 0 spiro atoms. The van der Waals surface area contributed by atoms with Crippen molar-refractivity contribution < 1.29 is 9.32 Å². The smallest absolute Gasteiger partial charge is 0.276 e. The molecule has 1 aliphatic heterocycles. The van der Waals surface area contributed by atoms with E-state index < -0.39 is 0 Å². The number of nitrogens with zero attached hydrogens (tertiary/aromatic N) is 2. The Kier molecular flexibility index (Phi) is 3.00. The van der Waals surface area contributed by atoms with Crippen LogP contribution in [0.4, 0.5) is 0 Å². The summed E-state index contributed by atoms with van der Waals surface area (Å²) in [7, 11) is 0. The van der Waals surface area contributed by atoms with E-state index in [4.69, 9.17) is 16.1 Å². The highest BCUT2D eigenvalue weighted by molar-refractivity contribution is 6.30. The van der Waals surface area contributed by atoms with Gasteiger partial charge < -0.3 is 9.42 Å². The first-order valence-corrected chi connectivity index (χ1v) is 7.63. The lowest BCUT2D eigenvalue weighted by atomic mass is 9.94. The molecule has 2 heterocycles. The van der Waals surface area contributed by atoms with Crippen LogP contribution in [0.3, 0.4) is 0 Å². The van der Waals surface area contributed by atoms with Crippen molar-refractivity contribution in [2.45, 2.75) is 31.2 Å². The van der Waals surface area contributed by atoms with Crippen molar-refractivity contribution in [1.82, 2.24) is 10.1 Å². The first kappa shape index (κ1) is 12.9. The standard InChI is InChI=1S/C16H15ClN2O2/c17-12-5-3-10(4-6-12)14-7-8-19(14)16(20)13-9-15(21-18-13)11-1-2-11/h3-6,9,11,14H,1-2,7-8H2/t14-/m0/s1. The van der Waals surface area contributed by atoms with Crippen LogP contribution in [-0.2, 0) is 0 Å². The fourth-order valence-electron chi connectivity index (χ4n) is 2.76. The quantitative estimate of drug-likeness (QED) is 0.866. The summed E-state index contributed by atoms with van der Waals surface area (Å²) in [6, 6.07) is 9.60. The maximum atomic E-state index is 12.5. The minimum absolute atomic E-state index is 0.0446. The zero-order chi connectivity index (χ0) is 14.4. The van der Waals surface area contributed by atoms with Crippen LogP contribution in [0.25, 0.3) is 0 Å². The molecule has 0 unspecified atom stereocenters. The van der Waals surface area contributed by atoms with E-state index in [0.29, 0.717) is 16.6 Å². The third kappa shape index (κ3) is 2.33. The Balaban J connectivity index is 1.52. The molecule has 1 saturated carbocycles. The van der Waals surface area contributed by atoms with Crippen LogP contribution in [0.5, 0.6) is 0 Å². The summed E-state index contributed by atoms with van der Waals surface area (Å²) in [6.45, 7) is 0.762. The van der Waals surface area contributed by atoms with Gasteiger partial charge in [-0.2, -0.15) is 0 Å². The van der Waals surface area contributed by atoms with Crippen LogP contribution >= 0.6 is 11.6 Å². The predicted octanol–water partition coefficient (Wildman–Crippen LogP) is 3.79. The van der Waals surface area contributed by atoms with Gasteiger partial charge in [0.15, 0.2) is 5.69 Å². The summed E-state index contributed by atoms with van der Waals surface area (Å²) in [6.07, 6.45) is 3.25. The van der Waals surface area contributed by atoms with Gasteiger partial charge in [-0.25, -0.2) is 0 Å². The molecule has 0 N–H and O–H groups in total. The van der Waals surface area contributed by atoms with E-state index in [1.807, 2.05) is 29.2 Å². The van der Waals surface area contributed by atoms with Gasteiger partial charge in [0.2, 0.25) is 0 Å². The van der Waals surface area contributed by atoms with Gasteiger partial charge in [0, 0.05) is 23.6 Å². The average molecular weight is 303 g/mol. The fourth-order valence-corrected chi connectivity index (χ4v) is 2.89. The van der Waals surface area contributed by atoms with E-state index in [2.05, 4.69) is 5.16 Å². The van der Waals surface area contributed by atoms with Gasteiger partial charge in [-0.15, -0.1) is 0 Å². The molecule has 1 aromatic heterocycles. The first-order valence-electron chi connectivity index (χ1n) is 7.25. The third-order valence-corrected chi connectivity index (χ3v) is 4.51. The third-order valence-electron chi connectivity index (χ3n) is 4.26. The largest absolute Gasteiger partial charge is 0.360 e. The topological polar surface area (TPSA) is 46.3 Å². The van der Waals surface area contributed by atoms with E-state index in [9.17, 15) is 4.79 Å². The van der Waals surface area contributed by atoms with E-state index in [1.165, 1.54) is 0 Å². The minimum Gasteiger partial charge on any atom is -0.360 e. The van der Waals surface area contributed by atoms with Crippen LogP contribution in [0.15, 0.2) is 34.9 Å². The normalized spacial score (nSPS) is 21.2. The van der Waals surface area contributed by atoms with Crippen LogP contribution in [0, 0.1) is 0 Å². The summed E-state index contributed by atoms with van der Waals surface area (Å²) in [5.74, 6) is 1.28. The second-order valence-electron chi connectivity index (χ2n) is 5.74. The van der Waals surface area contributed by atoms with Gasteiger partial charge in [-0.05, 0) is 37.0 Å². The van der Waals surface area contributed by atoms with Crippen molar-refractivity contribution in [2.75, 3.05) is 6.54 Å². The molecule has 2 aromatic rings. The molecule has 21 heavy (non-hydrogen) atoms. The number of carbonyl (C=O) groups is 1. The van der Waals surface area contributed by atoms with Gasteiger partial charge in [0.25, 0.3) is 5.91 Å². The van der Waals surface area contributed by atoms with Crippen molar-refractivity contribution in [1.29, 1.82) is 0 Å². The van der Waals surface area contributed by atoms with Crippen LogP contribution in [0.1, 0.15) is 53.0 Å². The highest BCUT2D eigenvalue weighted by atomic mass is 35.5. The number of aromatic nitrogens is 1. The van der Waals surface area contributed by atoms with Crippen molar-refractivity contribution in [3.8, 4) is 0 Å². The monoisotopic (exact) mass is 302 g/mol. The second kappa shape index (κ2) is 4.88. The Morgan fingerprint density at radius 2 is 2.00 bits per heavy atom. The van der Waals surface area contributed by atoms with E-state index in [1.54, 1.807) is 6.07 Å². The lowest BCUT2D eigenvalue weighted by molar-refractivity contribution is 0.0450. The van der Waals surface area contributed by atoms with Gasteiger partial charge in [-0.1, -0.05) is 28.9 Å². The maximum Gasteiger partial charge on any atom is 0.276 e. The molecule has 1 saturated heterocycles. The van der Waals surface area contributed by atoms with Gasteiger partial charge in [0.05, 0.1) is 6.04 Å². The number of hydrogen-bond donors (Lipinski definition) is 0. The van der Waals surface area contributed by atoms with Gasteiger partial charge in [-0.3, -0.25) is 4.79 Å². The summed E-state index contributed by atoms with van der Waals surface area (Å²) < 4.78 is 5.27. The van der Waals surface area contributed by atoms with Gasteiger partial charge in [0.1, 0.15) is 5.76 Å². The lowest BCUT2D eigenvalue weighted by Gasteiger charge is -2.40. The number of likely N-dealkylation sites (tertiary alicyclic amines) is 1. The molecule has 0 bridgehead atoms. The summed E-state index contributed by atoms with van der Waals surface area (Å²) in [5, 5.41) is 4.64. The molecule has 1 amide bonds. The number of carbonyl (C=O) groups excluding carboxylic acids is 1. The molecule has 1 atom stereocenters. The number of hydrogen-bond acceptors (Lipinski definition) is 3. The Labute approximate surface area is 127 Å². The highest BCUT2D eigenvalue weighted by Gasteiger charge is 2.36. The number of benzene rings is 1. The van der Waals surface area contributed by atoms with Crippen LogP contribution < -0.4 is 0 Å². The number of amides is 1. The van der Waals surface area contributed by atoms with E-state index in [0.717, 1.165) is 37.1 Å². The molecular formula is C16H15ClN2O2. The second-order valence-corrected chi connectivity index (χ2v) is 6.18. The molecule has 2 fully saturated rings. The molecule has 4 nitrogen and oxygen atoms in total. The SMILES string of the molecule is O=C(c1cc(C2CC2)on1)N1CC[C@H]1c1ccc(Cl)cc1. The number of rotatable bonds is 3. The Hall–Kier alpha value is -1.81. The van der Waals surface area contributed by atoms with E-state index >= 15 is 0 Å². The predicted molar refractivity (Wildman–Crippen MR) is 78.3 cm³/mol. The number of halogens is 1. The Bertz CT molecular complexity index is 676. The zero-order valence-corrected chi connectivity index (χ0v) is 12.2. The molecule has 108 valence electrons. The van der Waals surface area contributed by atoms with Crippen molar-refractivity contribution >= 4 is 17.5 Å². The molecule has 5 heteroatoms. The Morgan fingerprint density at radius 3 is 2.62 bits per heavy atom. The summed E-state index contributed by atoms with van der Waals surface area (Å²) >= 11 is 5.91. The average Bonchev–Trinajstić information content (AvgIpc) is 3.17. The first-order chi connectivity index (χ1) is 10.2. The van der Waals surface area contributed by atoms with Crippen LogP contribution in [-0.4, -0.2) is 22.5 Å². The molecule has 4 rings (SSSR count). The fraction of sp³-hybridized carbons (Fsp3) is 0.375. The molecule has 1 aromatic carbocycles. The summed E-state index contributed by atoms with van der Waals surface area (Å²) in [5.41, 5.74) is 1.54. The summed E-state index contributed by atoms with van der Waals surface area (Å²) in [4.78, 5) is 14.4. The molecule has 0 radical (unpaired) electrons. The minimum atomic E-state index is -0.0446. The maximum absolute atomic E-state index is 12.5. The highest BCUT2D eigenvalue weighted by Crippen LogP contribution is 2.41. The molecule has 2 aliphatic rings. The lowest BCUT2D eigenvalue weighted by Crippen LogP contribution is -2.45. The van der Waals surface area contributed by atoms with Crippen molar-refractivity contribution in [3.05, 3.63) is 52.4 Å². The molecule has 1 aliphatic carbocycles.